The molecule has 0 spiro atoms. The smallest absolute Gasteiger partial charge is 0.408 e. The molecule has 7 rings (SSSR count). The maximum atomic E-state index is 14.9. The van der Waals surface area contributed by atoms with Crippen LogP contribution in [0, 0.1) is 23.7 Å². The summed E-state index contributed by atoms with van der Waals surface area (Å²) in [6.45, 7) is 16.9. The van der Waals surface area contributed by atoms with Crippen molar-refractivity contribution in [1.82, 2.24) is 30.2 Å². The fraction of sp³-hybridized carbons (Fsp3) is 0.587. The first-order chi connectivity index (χ1) is 30.5. The first-order valence-corrected chi connectivity index (χ1v) is 24.6. The van der Waals surface area contributed by atoms with Gasteiger partial charge in [0.2, 0.25) is 27.7 Å². The minimum atomic E-state index is -3.95. The Morgan fingerprint density at radius 1 is 0.985 bits per heavy atom. The number of methoxy groups -OCH3 is 1. The number of sulfonamides is 1. The summed E-state index contributed by atoms with van der Waals surface area (Å²) >= 11 is 1.25. The molecule has 19 heteroatoms. The van der Waals surface area contributed by atoms with Crippen molar-refractivity contribution >= 4 is 67.1 Å². The molecule has 3 aliphatic carbocycles. The molecule has 1 unspecified atom stereocenters. The quantitative estimate of drug-likeness (QED) is 0.126. The maximum Gasteiger partial charge on any atom is 0.408 e. The van der Waals surface area contributed by atoms with E-state index in [4.69, 9.17) is 19.2 Å². The van der Waals surface area contributed by atoms with Gasteiger partial charge >= 0.3 is 6.09 Å². The fourth-order valence-electron chi connectivity index (χ4n) is 8.57. The SMILES string of the molecule is C=CC1C[C@]1(NC(=O)[C@@H]1C[C@@H](Oc2cc(-c3csc(NC(=O)CC(C)(C)C)n3)nc3cc(OC)c(C)cc23)CN1C(=O)[C@@H](NC(=O)OC1CCCC1)C(C)(C)C)C(=O)NS(=O)(=O)C1CC1. The largest absolute Gasteiger partial charge is 0.496 e. The van der Waals surface area contributed by atoms with Crippen molar-refractivity contribution in [3.05, 3.63) is 41.8 Å². The zero-order valence-electron chi connectivity index (χ0n) is 38.4. The minimum Gasteiger partial charge on any atom is -0.496 e. The van der Waals surface area contributed by atoms with E-state index in [0.717, 1.165) is 31.2 Å². The minimum absolute atomic E-state index is 0.0350. The van der Waals surface area contributed by atoms with Crippen LogP contribution < -0.4 is 30.1 Å². The van der Waals surface area contributed by atoms with E-state index in [-0.39, 0.29) is 36.8 Å². The third-order valence-corrected chi connectivity index (χ3v) is 14.9. The Balaban J connectivity index is 1.21. The molecule has 352 valence electrons. The summed E-state index contributed by atoms with van der Waals surface area (Å²) in [5, 5.41) is 10.6. The molecule has 3 heterocycles. The Hall–Kier alpha value is -5.30. The van der Waals surface area contributed by atoms with Gasteiger partial charge in [0.15, 0.2) is 5.13 Å². The number of fused-ring (bicyclic) bond motifs is 1. The molecule has 3 aromatic rings. The van der Waals surface area contributed by atoms with Gasteiger partial charge in [-0.25, -0.2) is 23.2 Å². The average molecular weight is 936 g/mol. The van der Waals surface area contributed by atoms with E-state index in [1.54, 1.807) is 45.4 Å². The van der Waals surface area contributed by atoms with E-state index >= 15 is 0 Å². The number of aromatic nitrogens is 2. The second kappa shape index (κ2) is 18.2. The van der Waals surface area contributed by atoms with Crippen LogP contribution in [-0.4, -0.2) is 102 Å². The van der Waals surface area contributed by atoms with E-state index < -0.39 is 74.1 Å². The van der Waals surface area contributed by atoms with Gasteiger partial charge < -0.3 is 35.1 Å². The average Bonchev–Trinajstić information content (AvgIpc) is 4.01. The van der Waals surface area contributed by atoms with Gasteiger partial charge in [0.25, 0.3) is 5.91 Å². The van der Waals surface area contributed by atoms with Gasteiger partial charge in [-0.2, -0.15) is 0 Å². The molecule has 1 saturated heterocycles. The van der Waals surface area contributed by atoms with E-state index in [9.17, 15) is 32.4 Å². The van der Waals surface area contributed by atoms with Crippen molar-refractivity contribution in [2.45, 2.75) is 141 Å². The van der Waals surface area contributed by atoms with Crippen molar-refractivity contribution in [1.29, 1.82) is 0 Å². The van der Waals surface area contributed by atoms with Gasteiger partial charge in [0.1, 0.15) is 47.0 Å². The molecule has 4 fully saturated rings. The number of benzene rings is 1. The Bertz CT molecular complexity index is 2490. The summed E-state index contributed by atoms with van der Waals surface area (Å²) in [5.41, 5.74) is -0.449. The molecule has 5 amide bonds. The van der Waals surface area contributed by atoms with E-state index in [0.29, 0.717) is 58.2 Å². The Labute approximate surface area is 384 Å². The molecule has 1 aromatic carbocycles. The number of likely N-dealkylation sites (tertiary alicyclic amines) is 1. The molecule has 65 heavy (non-hydrogen) atoms. The summed E-state index contributed by atoms with van der Waals surface area (Å²) in [5.74, 6) is -1.90. The topological polar surface area (TPSA) is 224 Å². The van der Waals surface area contributed by atoms with Crippen molar-refractivity contribution in [2.75, 3.05) is 19.0 Å². The van der Waals surface area contributed by atoms with Crippen LogP contribution in [0.2, 0.25) is 0 Å². The van der Waals surface area contributed by atoms with Gasteiger partial charge in [-0.15, -0.1) is 17.9 Å². The highest BCUT2D eigenvalue weighted by atomic mass is 32.2. The normalized spacial score (nSPS) is 22.8. The van der Waals surface area contributed by atoms with Crippen molar-refractivity contribution < 1.29 is 46.6 Å². The van der Waals surface area contributed by atoms with Gasteiger partial charge in [0.05, 0.1) is 30.1 Å². The zero-order valence-corrected chi connectivity index (χ0v) is 40.0. The number of carbonyl (C=O) groups is 5. The fourth-order valence-corrected chi connectivity index (χ4v) is 10.7. The molecule has 17 nitrogen and oxygen atoms in total. The van der Waals surface area contributed by atoms with Crippen LogP contribution in [0.15, 0.2) is 36.2 Å². The summed E-state index contributed by atoms with van der Waals surface area (Å²) in [6.07, 6.45) is 4.28. The van der Waals surface area contributed by atoms with Gasteiger partial charge in [-0.1, -0.05) is 47.6 Å². The number of aryl methyl sites for hydroxylation is 1. The number of carbonyl (C=O) groups excluding carboxylic acids is 5. The Morgan fingerprint density at radius 3 is 2.31 bits per heavy atom. The van der Waals surface area contributed by atoms with E-state index in [1.165, 1.54) is 22.3 Å². The number of thiazole rings is 1. The predicted octanol–water partition coefficient (Wildman–Crippen LogP) is 6.15. The van der Waals surface area contributed by atoms with Gasteiger partial charge in [-0.3, -0.25) is 23.9 Å². The Morgan fingerprint density at radius 2 is 1.69 bits per heavy atom. The third-order valence-electron chi connectivity index (χ3n) is 12.3. The standard InChI is InChI=1S/C46H61N7O10S2/c1-10-26-21-46(26,41(57)52-65(59,60)29-15-16-29)51-39(55)34-18-28(23-53(34)40(56)38(45(6,7)8)50-43(58)63-27-13-11-12-14-27)62-36-20-32(47-31-19-35(61-9)25(2)17-30(31)36)33-24-64-42(48-33)49-37(54)22-44(3,4)5/h10,17,19-20,24,26-29,34,38H,1,11-16,18,21-23H2,2-9H3,(H,50,58)(H,51,55)(H,52,57)(H,48,49,54)/t26?,28-,34+,38-,46-/m1/s1. The van der Waals surface area contributed by atoms with Crippen LogP contribution in [0.5, 0.6) is 11.5 Å². The molecule has 4 N–H and O–H groups in total. The van der Waals surface area contributed by atoms with Crippen LogP contribution in [0.4, 0.5) is 9.93 Å². The highest BCUT2D eigenvalue weighted by Gasteiger charge is 2.62. The van der Waals surface area contributed by atoms with Crippen molar-refractivity contribution in [3.8, 4) is 22.9 Å². The number of hydrogen-bond donors (Lipinski definition) is 4. The number of pyridine rings is 1. The molecule has 2 aromatic heterocycles. The number of alkyl carbamates (subject to hydrolysis) is 1. The van der Waals surface area contributed by atoms with Crippen LogP contribution >= 0.6 is 11.3 Å². The number of anilines is 1. The molecule has 0 bridgehead atoms. The number of ether oxygens (including phenoxy) is 3. The van der Waals surface area contributed by atoms with E-state index in [2.05, 4.69) is 32.2 Å². The first-order valence-electron chi connectivity index (χ1n) is 22.2. The highest BCUT2D eigenvalue weighted by Crippen LogP contribution is 2.46. The number of amides is 5. The van der Waals surface area contributed by atoms with Crippen molar-refractivity contribution in [2.24, 2.45) is 16.7 Å². The zero-order chi connectivity index (χ0) is 47.2. The third kappa shape index (κ3) is 10.9. The number of hydrogen-bond acceptors (Lipinski definition) is 13. The lowest BCUT2D eigenvalue weighted by Crippen LogP contribution is -2.60. The maximum absolute atomic E-state index is 14.9. The van der Waals surface area contributed by atoms with Crippen molar-refractivity contribution in [3.63, 3.8) is 0 Å². The summed E-state index contributed by atoms with van der Waals surface area (Å²) in [6, 6.07) is 3.02. The molecular weight excluding hydrogens is 875 g/mol. The van der Waals surface area contributed by atoms with E-state index in [1.807, 2.05) is 33.8 Å². The molecular formula is C46H61N7O10S2. The van der Waals surface area contributed by atoms with Gasteiger partial charge in [-0.05, 0) is 74.3 Å². The molecule has 0 radical (unpaired) electrons. The molecule has 3 saturated carbocycles. The second-order valence-electron chi connectivity index (χ2n) is 20.1. The highest BCUT2D eigenvalue weighted by molar-refractivity contribution is 7.91. The lowest BCUT2D eigenvalue weighted by molar-refractivity contribution is -0.143. The monoisotopic (exact) mass is 935 g/mol. The van der Waals surface area contributed by atoms with Crippen LogP contribution in [0.25, 0.3) is 22.3 Å². The summed E-state index contributed by atoms with van der Waals surface area (Å²) in [7, 11) is -2.39. The van der Waals surface area contributed by atoms with Gasteiger partial charge in [0, 0.05) is 41.7 Å². The lowest BCUT2D eigenvalue weighted by atomic mass is 9.85. The van der Waals surface area contributed by atoms with Crippen LogP contribution in [-0.2, 0) is 33.9 Å². The lowest BCUT2D eigenvalue weighted by Gasteiger charge is -2.35. The molecule has 1 aliphatic heterocycles. The van der Waals surface area contributed by atoms with Crippen LogP contribution in [0.3, 0.4) is 0 Å². The number of rotatable bonds is 15. The summed E-state index contributed by atoms with van der Waals surface area (Å²) in [4.78, 5) is 80.3. The first kappa shape index (κ1) is 47.7. The van der Waals surface area contributed by atoms with Crippen LogP contribution in [0.1, 0.15) is 105 Å². The molecule has 5 atom stereocenters. The second-order valence-corrected chi connectivity index (χ2v) is 22.9. The number of nitrogens with one attached hydrogen (secondary N) is 4. The Kier molecular flexibility index (Phi) is 13.3. The molecule has 4 aliphatic rings. The summed E-state index contributed by atoms with van der Waals surface area (Å²) < 4.78 is 46.1. The number of nitrogens with zero attached hydrogens (tertiary/aromatic N) is 3. The predicted molar refractivity (Wildman–Crippen MR) is 246 cm³/mol.